The molecule has 0 aliphatic heterocycles. The maximum absolute atomic E-state index is 13.1. The van der Waals surface area contributed by atoms with Crippen molar-refractivity contribution in [1.29, 1.82) is 0 Å². The molecule has 3 fully saturated rings. The molecule has 156 valence electrons. The lowest BCUT2D eigenvalue weighted by molar-refractivity contribution is -0.149. The second-order valence-corrected chi connectivity index (χ2v) is 9.00. The number of fused-ring (bicyclic) bond motifs is 1. The maximum atomic E-state index is 13.1. The Balaban J connectivity index is 1.40. The van der Waals surface area contributed by atoms with Gasteiger partial charge in [0.1, 0.15) is 0 Å². The second-order valence-electron chi connectivity index (χ2n) is 9.00. The number of aromatic nitrogens is 1. The van der Waals surface area contributed by atoms with Crippen LogP contribution in [0.3, 0.4) is 0 Å². The van der Waals surface area contributed by atoms with Crippen LogP contribution in [0.15, 0.2) is 54.7 Å². The van der Waals surface area contributed by atoms with Crippen LogP contribution in [0.25, 0.3) is 10.9 Å². The van der Waals surface area contributed by atoms with Crippen molar-refractivity contribution in [3.8, 4) is 0 Å². The van der Waals surface area contributed by atoms with E-state index < -0.39 is 11.7 Å². The van der Waals surface area contributed by atoms with E-state index in [2.05, 4.69) is 12.2 Å². The summed E-state index contributed by atoms with van der Waals surface area (Å²) < 4.78 is 40.4. The molecule has 0 unspecified atom stereocenters. The predicted molar refractivity (Wildman–Crippen MR) is 109 cm³/mol. The van der Waals surface area contributed by atoms with Gasteiger partial charge in [-0.05, 0) is 54.5 Å². The van der Waals surface area contributed by atoms with Crippen LogP contribution in [0.4, 0.5) is 13.2 Å². The van der Waals surface area contributed by atoms with Crippen molar-refractivity contribution in [2.45, 2.75) is 50.9 Å². The number of nitrogens with zero attached hydrogens (tertiary/aromatic N) is 1. The Kier molecular flexibility index (Phi) is 4.08. The molecule has 1 heterocycles. The molecule has 0 spiro atoms. The van der Waals surface area contributed by atoms with E-state index in [9.17, 15) is 18.0 Å². The summed E-state index contributed by atoms with van der Waals surface area (Å²) in [5, 5.41) is 4.20. The average molecular weight is 412 g/mol. The molecule has 6 heteroatoms. The van der Waals surface area contributed by atoms with Crippen molar-refractivity contribution in [1.82, 2.24) is 9.88 Å². The maximum Gasteiger partial charge on any atom is 0.416 e. The lowest BCUT2D eigenvalue weighted by Crippen LogP contribution is -2.74. The minimum Gasteiger partial charge on any atom is -0.346 e. The molecular formula is C24H23F3N2O. The number of alkyl halides is 3. The van der Waals surface area contributed by atoms with Gasteiger partial charge in [-0.15, -0.1) is 0 Å². The van der Waals surface area contributed by atoms with Crippen LogP contribution in [-0.2, 0) is 12.7 Å². The summed E-state index contributed by atoms with van der Waals surface area (Å²) in [6.07, 6.45) is 1.88. The number of rotatable bonds is 5. The van der Waals surface area contributed by atoms with E-state index in [0.717, 1.165) is 54.3 Å². The van der Waals surface area contributed by atoms with Gasteiger partial charge in [0.05, 0.1) is 16.6 Å². The average Bonchev–Trinajstić information content (AvgIpc) is 3.06. The van der Waals surface area contributed by atoms with Gasteiger partial charge in [-0.3, -0.25) is 4.79 Å². The number of hydrogen-bond acceptors (Lipinski definition) is 1. The highest BCUT2D eigenvalue weighted by Gasteiger charge is 2.67. The summed E-state index contributed by atoms with van der Waals surface area (Å²) >= 11 is 0. The molecule has 1 aromatic heterocycles. The van der Waals surface area contributed by atoms with Crippen molar-refractivity contribution in [3.63, 3.8) is 0 Å². The third-order valence-corrected chi connectivity index (χ3v) is 6.94. The molecule has 30 heavy (non-hydrogen) atoms. The number of nitrogens with one attached hydrogen (secondary N) is 1. The lowest BCUT2D eigenvalue weighted by atomic mass is 9.38. The number of carbonyl (C=O) groups excluding carboxylic acids is 1. The van der Waals surface area contributed by atoms with Crippen LogP contribution in [0.2, 0.25) is 0 Å². The molecule has 3 aromatic rings. The van der Waals surface area contributed by atoms with E-state index in [1.165, 1.54) is 12.1 Å². The standard InChI is InChI=1S/C24H23F3N2O/c1-2-22-13-23(14-22,15-22)28-21(30)19-5-3-4-17-10-11-29(20(17)19)12-16-6-8-18(9-7-16)24(25,26)27/h3-11H,2,12-15H2,1H3,(H,28,30). The van der Waals surface area contributed by atoms with E-state index in [4.69, 9.17) is 0 Å². The Labute approximate surface area is 172 Å². The van der Waals surface area contributed by atoms with Gasteiger partial charge in [-0.2, -0.15) is 13.2 Å². The van der Waals surface area contributed by atoms with Gasteiger partial charge in [0.25, 0.3) is 5.91 Å². The van der Waals surface area contributed by atoms with Gasteiger partial charge in [0.15, 0.2) is 0 Å². The first-order valence-electron chi connectivity index (χ1n) is 10.3. The fraction of sp³-hybridized carbons (Fsp3) is 0.375. The number of benzene rings is 2. The molecule has 3 saturated carbocycles. The summed E-state index contributed by atoms with van der Waals surface area (Å²) in [5.74, 6) is -0.0719. The third-order valence-electron chi connectivity index (χ3n) is 6.94. The van der Waals surface area contributed by atoms with E-state index in [1.54, 1.807) is 0 Å². The largest absolute Gasteiger partial charge is 0.416 e. The Morgan fingerprint density at radius 2 is 1.77 bits per heavy atom. The Hall–Kier alpha value is -2.76. The molecule has 1 amide bonds. The van der Waals surface area contributed by atoms with Crippen LogP contribution in [0.5, 0.6) is 0 Å². The van der Waals surface area contributed by atoms with Gasteiger partial charge in [0, 0.05) is 23.7 Å². The highest BCUT2D eigenvalue weighted by Crippen LogP contribution is 2.68. The van der Waals surface area contributed by atoms with Crippen molar-refractivity contribution in [2.75, 3.05) is 0 Å². The summed E-state index contributed by atoms with van der Waals surface area (Å²) in [4.78, 5) is 13.1. The summed E-state index contributed by atoms with van der Waals surface area (Å²) in [6, 6.07) is 12.7. The van der Waals surface area contributed by atoms with Crippen LogP contribution in [0.1, 0.15) is 54.1 Å². The van der Waals surface area contributed by atoms with Gasteiger partial charge in [-0.25, -0.2) is 0 Å². The molecule has 3 nitrogen and oxygen atoms in total. The smallest absolute Gasteiger partial charge is 0.346 e. The monoisotopic (exact) mass is 412 g/mol. The zero-order valence-electron chi connectivity index (χ0n) is 16.7. The number of amides is 1. The normalized spacial score (nSPS) is 24.9. The molecular weight excluding hydrogens is 389 g/mol. The fourth-order valence-corrected chi connectivity index (χ4v) is 5.39. The van der Waals surface area contributed by atoms with Gasteiger partial charge < -0.3 is 9.88 Å². The fourth-order valence-electron chi connectivity index (χ4n) is 5.39. The molecule has 3 aliphatic carbocycles. The van der Waals surface area contributed by atoms with Crippen molar-refractivity contribution < 1.29 is 18.0 Å². The molecule has 0 saturated heterocycles. The molecule has 1 N–H and O–H groups in total. The number of carbonyl (C=O) groups is 1. The first-order valence-corrected chi connectivity index (χ1v) is 10.3. The van der Waals surface area contributed by atoms with E-state index in [-0.39, 0.29) is 11.4 Å². The minimum atomic E-state index is -4.35. The first kappa shape index (κ1) is 19.2. The SMILES string of the molecule is CCC12CC(NC(=O)c3cccc4ccn(Cc5ccc(C(F)(F)F)cc5)c34)(C1)C2. The van der Waals surface area contributed by atoms with E-state index >= 15 is 0 Å². The molecule has 0 radical (unpaired) electrons. The number of para-hydroxylation sites is 1. The van der Waals surface area contributed by atoms with Crippen LogP contribution < -0.4 is 5.32 Å². The number of hydrogen-bond donors (Lipinski definition) is 1. The molecule has 2 aromatic carbocycles. The van der Waals surface area contributed by atoms with Crippen LogP contribution in [-0.4, -0.2) is 16.0 Å². The van der Waals surface area contributed by atoms with Gasteiger partial charge in [0.2, 0.25) is 0 Å². The molecule has 2 bridgehead atoms. The predicted octanol–water partition coefficient (Wildman–Crippen LogP) is 5.77. The summed E-state index contributed by atoms with van der Waals surface area (Å²) in [7, 11) is 0. The Morgan fingerprint density at radius 3 is 2.40 bits per heavy atom. The highest BCUT2D eigenvalue weighted by molar-refractivity contribution is 6.06. The Bertz CT molecular complexity index is 1110. The van der Waals surface area contributed by atoms with Crippen molar-refractivity contribution in [3.05, 3.63) is 71.4 Å². The molecule has 0 atom stereocenters. The minimum absolute atomic E-state index is 0.0416. The van der Waals surface area contributed by atoms with Crippen LogP contribution in [0, 0.1) is 5.41 Å². The highest BCUT2D eigenvalue weighted by atomic mass is 19.4. The zero-order chi connectivity index (χ0) is 21.1. The van der Waals surface area contributed by atoms with E-state index in [1.807, 2.05) is 35.0 Å². The number of halogens is 3. The van der Waals surface area contributed by atoms with E-state index in [0.29, 0.717) is 17.5 Å². The lowest BCUT2D eigenvalue weighted by Gasteiger charge is -2.70. The van der Waals surface area contributed by atoms with Gasteiger partial charge >= 0.3 is 6.18 Å². The third kappa shape index (κ3) is 3.01. The van der Waals surface area contributed by atoms with Crippen molar-refractivity contribution >= 4 is 16.8 Å². The first-order chi connectivity index (χ1) is 14.2. The molecule has 3 aliphatic rings. The topological polar surface area (TPSA) is 34.0 Å². The van der Waals surface area contributed by atoms with Gasteiger partial charge in [-0.1, -0.05) is 37.6 Å². The summed E-state index contributed by atoms with van der Waals surface area (Å²) in [5.41, 5.74) is 1.92. The van der Waals surface area contributed by atoms with Crippen LogP contribution >= 0.6 is 0 Å². The molecule has 6 rings (SSSR count). The second kappa shape index (κ2) is 6.37. The Morgan fingerprint density at radius 1 is 1.07 bits per heavy atom. The zero-order valence-corrected chi connectivity index (χ0v) is 16.7. The quantitative estimate of drug-likeness (QED) is 0.567. The summed E-state index contributed by atoms with van der Waals surface area (Å²) in [6.45, 7) is 2.61. The van der Waals surface area contributed by atoms with Crippen molar-refractivity contribution in [2.24, 2.45) is 5.41 Å².